The van der Waals surface area contributed by atoms with Crippen LogP contribution in [0.1, 0.15) is 37.1 Å². The van der Waals surface area contributed by atoms with Gasteiger partial charge in [-0.05, 0) is 31.9 Å². The second-order valence-electron chi connectivity index (χ2n) is 4.97. The summed E-state index contributed by atoms with van der Waals surface area (Å²) in [6.07, 6.45) is 5.39. The van der Waals surface area contributed by atoms with E-state index in [4.69, 9.17) is 5.73 Å². The second-order valence-corrected chi connectivity index (χ2v) is 4.97. The Kier molecular flexibility index (Phi) is 4.51. The van der Waals surface area contributed by atoms with Gasteiger partial charge in [-0.3, -0.25) is 9.88 Å². The van der Waals surface area contributed by atoms with Crippen molar-refractivity contribution in [3.05, 3.63) is 29.6 Å². The van der Waals surface area contributed by atoms with Crippen molar-refractivity contribution in [1.29, 1.82) is 0 Å². The Bertz CT molecular complexity index is 345. The average molecular weight is 233 g/mol. The maximum atomic E-state index is 5.72. The van der Waals surface area contributed by atoms with Crippen LogP contribution in [0.15, 0.2) is 18.2 Å². The zero-order chi connectivity index (χ0) is 12.1. The van der Waals surface area contributed by atoms with Crippen molar-refractivity contribution in [2.24, 2.45) is 5.73 Å². The normalized spacial score (nSPS) is 16.9. The number of hydrogen-bond acceptors (Lipinski definition) is 3. The van der Waals surface area contributed by atoms with Crippen LogP contribution >= 0.6 is 0 Å². The molecule has 2 rings (SSSR count). The number of aromatic nitrogens is 1. The summed E-state index contributed by atoms with van der Waals surface area (Å²) >= 11 is 0. The quantitative estimate of drug-likeness (QED) is 0.847. The molecule has 94 valence electrons. The molecule has 0 unspecified atom stereocenters. The smallest absolute Gasteiger partial charge is 0.0547 e. The Hall–Kier alpha value is -0.930. The van der Waals surface area contributed by atoms with Crippen LogP contribution in [0.3, 0.4) is 0 Å². The third-order valence-corrected chi connectivity index (χ3v) is 3.57. The summed E-state index contributed by atoms with van der Waals surface area (Å²) in [7, 11) is 0. The molecule has 1 saturated carbocycles. The molecule has 3 nitrogen and oxygen atoms in total. The van der Waals surface area contributed by atoms with Gasteiger partial charge >= 0.3 is 0 Å². The number of hydrogen-bond donors (Lipinski definition) is 1. The number of pyridine rings is 1. The van der Waals surface area contributed by atoms with E-state index < -0.39 is 0 Å². The van der Waals surface area contributed by atoms with E-state index in [1.165, 1.54) is 31.4 Å². The van der Waals surface area contributed by atoms with Crippen molar-refractivity contribution >= 4 is 0 Å². The van der Waals surface area contributed by atoms with Gasteiger partial charge < -0.3 is 5.73 Å². The van der Waals surface area contributed by atoms with Crippen LogP contribution in [0.4, 0.5) is 0 Å². The first-order chi connectivity index (χ1) is 8.29. The minimum atomic E-state index is 0.723. The van der Waals surface area contributed by atoms with Crippen molar-refractivity contribution in [3.8, 4) is 0 Å². The van der Waals surface area contributed by atoms with E-state index in [0.717, 1.165) is 31.4 Å². The molecule has 1 aliphatic carbocycles. The largest absolute Gasteiger partial charge is 0.329 e. The standard InChI is InChI=1S/C14H23N3/c1-12-5-4-6-13(16-12)11-17(10-9-15)14-7-2-3-8-14/h4-6,14H,2-3,7-11,15H2,1H3. The van der Waals surface area contributed by atoms with E-state index in [2.05, 4.69) is 22.0 Å². The predicted octanol–water partition coefficient (Wildman–Crippen LogP) is 2.09. The molecule has 1 heterocycles. The Morgan fingerprint density at radius 3 is 2.76 bits per heavy atom. The molecule has 0 amide bonds. The molecule has 0 atom stereocenters. The summed E-state index contributed by atoms with van der Waals surface area (Å²) in [5, 5.41) is 0. The van der Waals surface area contributed by atoms with Crippen molar-refractivity contribution < 1.29 is 0 Å². The van der Waals surface area contributed by atoms with Crippen LogP contribution in [-0.4, -0.2) is 29.0 Å². The summed E-state index contributed by atoms with van der Waals surface area (Å²) in [5.74, 6) is 0. The lowest BCUT2D eigenvalue weighted by Gasteiger charge is -2.28. The minimum absolute atomic E-state index is 0.723. The van der Waals surface area contributed by atoms with Gasteiger partial charge in [0.1, 0.15) is 0 Å². The van der Waals surface area contributed by atoms with Crippen molar-refractivity contribution in [1.82, 2.24) is 9.88 Å². The molecule has 0 spiro atoms. The van der Waals surface area contributed by atoms with Gasteiger partial charge in [-0.15, -0.1) is 0 Å². The van der Waals surface area contributed by atoms with Crippen LogP contribution in [-0.2, 0) is 6.54 Å². The van der Waals surface area contributed by atoms with Gasteiger partial charge in [-0.2, -0.15) is 0 Å². The zero-order valence-electron chi connectivity index (χ0n) is 10.7. The molecule has 1 fully saturated rings. The van der Waals surface area contributed by atoms with Gasteiger partial charge in [0.2, 0.25) is 0 Å². The van der Waals surface area contributed by atoms with Crippen LogP contribution in [0.2, 0.25) is 0 Å². The van der Waals surface area contributed by atoms with Crippen molar-refractivity contribution in [2.45, 2.75) is 45.2 Å². The number of nitrogens with zero attached hydrogens (tertiary/aromatic N) is 2. The molecule has 2 N–H and O–H groups in total. The Balaban J connectivity index is 2.01. The van der Waals surface area contributed by atoms with E-state index in [1.54, 1.807) is 0 Å². The molecule has 1 aromatic rings. The molecular weight excluding hydrogens is 210 g/mol. The van der Waals surface area contributed by atoms with Crippen LogP contribution in [0.25, 0.3) is 0 Å². The molecule has 17 heavy (non-hydrogen) atoms. The monoisotopic (exact) mass is 233 g/mol. The summed E-state index contributed by atoms with van der Waals surface area (Å²) in [6, 6.07) is 6.98. The molecule has 0 aliphatic heterocycles. The first-order valence-electron chi connectivity index (χ1n) is 6.66. The number of rotatable bonds is 5. The summed E-state index contributed by atoms with van der Waals surface area (Å²) in [4.78, 5) is 7.09. The van der Waals surface area contributed by atoms with Crippen LogP contribution in [0.5, 0.6) is 0 Å². The zero-order valence-corrected chi connectivity index (χ0v) is 10.7. The van der Waals surface area contributed by atoms with Crippen molar-refractivity contribution in [2.75, 3.05) is 13.1 Å². The highest BCUT2D eigenvalue weighted by molar-refractivity contribution is 5.10. The SMILES string of the molecule is Cc1cccc(CN(CCN)C2CCCC2)n1. The van der Waals surface area contributed by atoms with Gasteiger partial charge in [0.25, 0.3) is 0 Å². The first-order valence-corrected chi connectivity index (χ1v) is 6.66. The third-order valence-electron chi connectivity index (χ3n) is 3.57. The fourth-order valence-corrected chi connectivity index (χ4v) is 2.72. The number of nitrogens with two attached hydrogens (primary N) is 1. The molecular formula is C14H23N3. The lowest BCUT2D eigenvalue weighted by molar-refractivity contribution is 0.193. The van der Waals surface area contributed by atoms with E-state index in [0.29, 0.717) is 0 Å². The average Bonchev–Trinajstić information content (AvgIpc) is 2.82. The topological polar surface area (TPSA) is 42.1 Å². The Morgan fingerprint density at radius 1 is 1.35 bits per heavy atom. The Labute approximate surface area is 104 Å². The van der Waals surface area contributed by atoms with Gasteiger partial charge in [0.05, 0.1) is 5.69 Å². The maximum absolute atomic E-state index is 5.72. The van der Waals surface area contributed by atoms with Gasteiger partial charge in [-0.1, -0.05) is 18.9 Å². The summed E-state index contributed by atoms with van der Waals surface area (Å²) in [6.45, 7) is 4.72. The fourth-order valence-electron chi connectivity index (χ4n) is 2.72. The van der Waals surface area contributed by atoms with Crippen molar-refractivity contribution in [3.63, 3.8) is 0 Å². The lowest BCUT2D eigenvalue weighted by Crippen LogP contribution is -2.36. The van der Waals surface area contributed by atoms with Crippen LogP contribution < -0.4 is 5.73 Å². The molecule has 0 bridgehead atoms. The minimum Gasteiger partial charge on any atom is -0.329 e. The molecule has 0 radical (unpaired) electrons. The highest BCUT2D eigenvalue weighted by Gasteiger charge is 2.22. The van der Waals surface area contributed by atoms with Gasteiger partial charge in [0, 0.05) is 31.4 Å². The maximum Gasteiger partial charge on any atom is 0.0547 e. The predicted molar refractivity (Wildman–Crippen MR) is 70.7 cm³/mol. The molecule has 0 aromatic carbocycles. The fraction of sp³-hybridized carbons (Fsp3) is 0.643. The molecule has 3 heteroatoms. The lowest BCUT2D eigenvalue weighted by atomic mass is 10.2. The van der Waals surface area contributed by atoms with Gasteiger partial charge in [0.15, 0.2) is 0 Å². The number of aryl methyl sites for hydroxylation is 1. The molecule has 1 aliphatic rings. The first kappa shape index (κ1) is 12.5. The molecule has 1 aromatic heterocycles. The Morgan fingerprint density at radius 2 is 2.12 bits per heavy atom. The summed E-state index contributed by atoms with van der Waals surface area (Å²) < 4.78 is 0. The van der Waals surface area contributed by atoms with E-state index in [9.17, 15) is 0 Å². The van der Waals surface area contributed by atoms with Crippen LogP contribution in [0, 0.1) is 6.92 Å². The summed E-state index contributed by atoms with van der Waals surface area (Å²) in [5.41, 5.74) is 7.99. The highest BCUT2D eigenvalue weighted by Crippen LogP contribution is 2.24. The highest BCUT2D eigenvalue weighted by atomic mass is 15.2. The van der Waals surface area contributed by atoms with E-state index in [1.807, 2.05) is 13.0 Å². The third kappa shape index (κ3) is 3.51. The van der Waals surface area contributed by atoms with Gasteiger partial charge in [-0.25, -0.2) is 0 Å². The van der Waals surface area contributed by atoms with E-state index in [-0.39, 0.29) is 0 Å². The van der Waals surface area contributed by atoms with E-state index >= 15 is 0 Å². The molecule has 0 saturated heterocycles. The second kappa shape index (κ2) is 6.12.